The molecule has 0 aliphatic heterocycles. The van der Waals surface area contributed by atoms with Gasteiger partial charge in [0.15, 0.2) is 0 Å². The number of carbonyl (C=O) groups is 1. The fourth-order valence-electron chi connectivity index (χ4n) is 0.859. The van der Waals surface area contributed by atoms with Gasteiger partial charge in [-0.25, -0.2) is 0 Å². The van der Waals surface area contributed by atoms with Crippen LogP contribution < -0.4 is 5.32 Å². The van der Waals surface area contributed by atoms with Crippen LogP contribution in [0.25, 0.3) is 0 Å². The zero-order valence-corrected chi connectivity index (χ0v) is 8.48. The lowest BCUT2D eigenvalue weighted by Gasteiger charge is -2.28. The molecule has 0 aliphatic rings. The summed E-state index contributed by atoms with van der Waals surface area (Å²) >= 11 is 3.57. The summed E-state index contributed by atoms with van der Waals surface area (Å²) < 4.78 is 10.4. The number of hydrogen-bond acceptors (Lipinski definition) is 3. The quantitative estimate of drug-likeness (QED) is 0.512. The molecule has 0 rings (SSSR count). The third kappa shape index (κ3) is 4.58. The number of rotatable bonds is 5. The van der Waals surface area contributed by atoms with Gasteiger partial charge in [-0.05, 0) is 13.8 Å². The summed E-state index contributed by atoms with van der Waals surface area (Å²) in [5, 5.41) is 1.97. The number of thiol groups is 1. The van der Waals surface area contributed by atoms with Gasteiger partial charge in [-0.3, -0.25) is 10.1 Å². The molecule has 4 nitrogen and oxygen atoms in total. The van der Waals surface area contributed by atoms with E-state index in [-0.39, 0.29) is 0 Å². The summed E-state index contributed by atoms with van der Waals surface area (Å²) in [5.74, 6) is -1.05. The number of ether oxygens (including phenoxy) is 2. The second kappa shape index (κ2) is 5.40. The Morgan fingerprint density at radius 3 is 2.08 bits per heavy atom. The summed E-state index contributed by atoms with van der Waals surface area (Å²) in [7, 11) is 0. The number of amides is 1. The van der Waals surface area contributed by atoms with Crippen molar-refractivity contribution in [3.05, 3.63) is 0 Å². The third-order valence-electron chi connectivity index (χ3n) is 1.17. The Morgan fingerprint density at radius 2 is 1.83 bits per heavy atom. The second-order valence-corrected chi connectivity index (χ2v) is 2.65. The molecule has 0 aliphatic carbocycles. The molecule has 0 bridgehead atoms. The van der Waals surface area contributed by atoms with Crippen LogP contribution in [0.15, 0.2) is 0 Å². The molecule has 1 N–H and O–H groups in total. The molecule has 0 aromatic carbocycles. The predicted molar refractivity (Wildman–Crippen MR) is 49.2 cm³/mol. The Labute approximate surface area is 78.0 Å². The van der Waals surface area contributed by atoms with Gasteiger partial charge in [0, 0.05) is 20.1 Å². The van der Waals surface area contributed by atoms with Crippen molar-refractivity contribution in [3.8, 4) is 0 Å². The van der Waals surface area contributed by atoms with Crippen molar-refractivity contribution in [1.82, 2.24) is 5.32 Å². The maximum atomic E-state index is 10.6. The molecule has 12 heavy (non-hydrogen) atoms. The molecular formula is C7H15NO3S. The fraction of sp³-hybridized carbons (Fsp3) is 0.857. The van der Waals surface area contributed by atoms with Crippen molar-refractivity contribution in [1.29, 1.82) is 0 Å². The van der Waals surface area contributed by atoms with E-state index >= 15 is 0 Å². The average Bonchev–Trinajstić information content (AvgIpc) is 1.85. The zero-order valence-electron chi connectivity index (χ0n) is 7.59. The molecular weight excluding hydrogens is 178 g/mol. The molecule has 0 fully saturated rings. The van der Waals surface area contributed by atoms with Crippen LogP contribution in [0.1, 0.15) is 20.8 Å². The van der Waals surface area contributed by atoms with E-state index in [1.54, 1.807) is 6.92 Å². The first-order valence-corrected chi connectivity index (χ1v) is 4.27. The lowest BCUT2D eigenvalue weighted by molar-refractivity contribution is -0.231. The van der Waals surface area contributed by atoms with Gasteiger partial charge in [0.2, 0.25) is 5.91 Å². The van der Waals surface area contributed by atoms with Crippen LogP contribution in [0, 0.1) is 0 Å². The van der Waals surface area contributed by atoms with Crippen LogP contribution in [-0.4, -0.2) is 24.4 Å². The third-order valence-corrected chi connectivity index (χ3v) is 1.29. The minimum absolute atomic E-state index is 0.463. The van der Waals surface area contributed by atoms with Gasteiger partial charge in [-0.1, -0.05) is 12.6 Å². The monoisotopic (exact) mass is 193 g/mol. The van der Waals surface area contributed by atoms with Crippen molar-refractivity contribution in [3.63, 3.8) is 0 Å². The van der Waals surface area contributed by atoms with Gasteiger partial charge >= 0.3 is 0 Å². The number of carbonyl (C=O) groups excluding carboxylic acids is 1. The van der Waals surface area contributed by atoms with Gasteiger partial charge in [0.1, 0.15) is 0 Å². The van der Waals surface area contributed by atoms with E-state index in [0.717, 1.165) is 0 Å². The Hall–Kier alpha value is -0.260. The minimum atomic E-state index is -1.05. The first-order chi connectivity index (χ1) is 5.54. The summed E-state index contributed by atoms with van der Waals surface area (Å²) in [6.45, 7) is 6.20. The molecule has 0 aromatic rings. The molecule has 5 heteroatoms. The van der Waals surface area contributed by atoms with E-state index in [1.807, 2.05) is 13.8 Å². The first-order valence-electron chi connectivity index (χ1n) is 3.83. The smallest absolute Gasteiger partial charge is 0.280 e. The van der Waals surface area contributed by atoms with E-state index in [4.69, 9.17) is 9.47 Å². The van der Waals surface area contributed by atoms with E-state index in [0.29, 0.717) is 13.2 Å². The second-order valence-electron chi connectivity index (χ2n) is 2.24. The van der Waals surface area contributed by atoms with Gasteiger partial charge in [-0.2, -0.15) is 0 Å². The molecule has 0 saturated heterocycles. The van der Waals surface area contributed by atoms with Crippen molar-refractivity contribution in [2.45, 2.75) is 26.7 Å². The van der Waals surface area contributed by atoms with Crippen LogP contribution in [0.5, 0.6) is 0 Å². The minimum Gasteiger partial charge on any atom is -0.333 e. The lowest BCUT2D eigenvalue weighted by atomic mass is 10.5. The van der Waals surface area contributed by atoms with Gasteiger partial charge in [0.25, 0.3) is 5.24 Å². The van der Waals surface area contributed by atoms with Gasteiger partial charge < -0.3 is 9.47 Å². The Morgan fingerprint density at radius 1 is 1.42 bits per heavy atom. The molecule has 1 amide bonds. The highest BCUT2D eigenvalue weighted by Crippen LogP contribution is 2.08. The molecule has 0 aromatic heterocycles. The van der Waals surface area contributed by atoms with Crippen molar-refractivity contribution in [2.75, 3.05) is 13.2 Å². The summed E-state index contributed by atoms with van der Waals surface area (Å²) in [6.07, 6.45) is 0. The molecule has 0 unspecified atom stereocenters. The van der Waals surface area contributed by atoms with Crippen LogP contribution >= 0.6 is 12.6 Å². The Kier molecular flexibility index (Phi) is 5.28. The van der Waals surface area contributed by atoms with Gasteiger partial charge in [0.05, 0.1) is 0 Å². The Bertz CT molecular complexity index is 146. The first kappa shape index (κ1) is 11.7. The topological polar surface area (TPSA) is 47.6 Å². The normalized spacial score (nSPS) is 11.3. The summed E-state index contributed by atoms with van der Waals surface area (Å²) in [4.78, 5) is 10.6. The highest BCUT2D eigenvalue weighted by Gasteiger charge is 2.25. The SMILES string of the molecule is CCOC(C)(NC(=O)S)OCC. The highest BCUT2D eigenvalue weighted by atomic mass is 32.1. The van der Waals surface area contributed by atoms with E-state index in [9.17, 15) is 4.79 Å². The van der Waals surface area contributed by atoms with Crippen LogP contribution in [-0.2, 0) is 9.47 Å². The van der Waals surface area contributed by atoms with E-state index in [1.165, 1.54) is 0 Å². The number of nitrogens with one attached hydrogen (secondary N) is 1. The Balaban J connectivity index is 4.07. The largest absolute Gasteiger partial charge is 0.333 e. The van der Waals surface area contributed by atoms with Crippen LogP contribution in [0.2, 0.25) is 0 Å². The average molecular weight is 193 g/mol. The van der Waals surface area contributed by atoms with Crippen molar-refractivity contribution < 1.29 is 14.3 Å². The molecule has 72 valence electrons. The molecule has 0 spiro atoms. The van der Waals surface area contributed by atoms with Crippen molar-refractivity contribution >= 4 is 17.9 Å². The predicted octanol–water partition coefficient (Wildman–Crippen LogP) is 1.37. The maximum absolute atomic E-state index is 10.6. The highest BCUT2D eigenvalue weighted by molar-refractivity contribution is 7.96. The molecule has 0 radical (unpaired) electrons. The number of hydrogen-bond donors (Lipinski definition) is 2. The molecule has 0 heterocycles. The maximum Gasteiger partial charge on any atom is 0.280 e. The standard InChI is InChI=1S/C7H15NO3S/c1-4-10-7(3,11-5-2)8-6(9)12/h4-5H2,1-3H3,(H2,8,9,12). The summed E-state index contributed by atoms with van der Waals surface area (Å²) in [5.41, 5.74) is 0. The van der Waals surface area contributed by atoms with Crippen LogP contribution in [0.3, 0.4) is 0 Å². The van der Waals surface area contributed by atoms with E-state index < -0.39 is 11.2 Å². The molecule has 0 atom stereocenters. The van der Waals surface area contributed by atoms with Crippen molar-refractivity contribution in [2.24, 2.45) is 0 Å². The lowest BCUT2D eigenvalue weighted by Crippen LogP contribution is -2.48. The molecule has 0 saturated carbocycles. The van der Waals surface area contributed by atoms with E-state index in [2.05, 4.69) is 17.9 Å². The zero-order chi connectivity index (χ0) is 9.61. The fourth-order valence-corrected chi connectivity index (χ4v) is 1.06. The van der Waals surface area contributed by atoms with Gasteiger partial charge in [-0.15, -0.1) is 0 Å². The van der Waals surface area contributed by atoms with Crippen LogP contribution in [0.4, 0.5) is 4.79 Å². The summed E-state index contributed by atoms with van der Waals surface area (Å²) in [6, 6.07) is 0.